The summed E-state index contributed by atoms with van der Waals surface area (Å²) in [6.07, 6.45) is 13.6. The number of unbranched alkanes of at least 4 members (excludes halogenated alkanes) is 8. The summed E-state index contributed by atoms with van der Waals surface area (Å²) < 4.78 is 0. The summed E-state index contributed by atoms with van der Waals surface area (Å²) in [6, 6.07) is 7.23. The molecule has 2 aromatic rings. The number of hydrogen-bond acceptors (Lipinski definition) is 2. The van der Waals surface area contributed by atoms with Crippen LogP contribution in [0.3, 0.4) is 0 Å². The molecule has 154 valence electrons. The second kappa shape index (κ2) is 12.2. The Morgan fingerprint density at radius 1 is 1.00 bits per heavy atom. The second-order valence-corrected chi connectivity index (χ2v) is 7.66. The molecule has 1 aromatic carbocycles. The summed E-state index contributed by atoms with van der Waals surface area (Å²) in [6.45, 7) is 2.23. The summed E-state index contributed by atoms with van der Waals surface area (Å²) in [7, 11) is 0. The van der Waals surface area contributed by atoms with Crippen molar-refractivity contribution in [2.75, 3.05) is 0 Å². The highest BCUT2D eigenvalue weighted by Crippen LogP contribution is 2.19. The Morgan fingerprint density at radius 3 is 2.32 bits per heavy atom. The van der Waals surface area contributed by atoms with Gasteiger partial charge in [-0.2, -0.15) is 0 Å². The quantitative estimate of drug-likeness (QED) is 0.415. The molecule has 0 spiro atoms. The van der Waals surface area contributed by atoms with E-state index in [-0.39, 0.29) is 5.91 Å². The first kappa shape index (κ1) is 22.0. The van der Waals surface area contributed by atoms with Crippen LogP contribution in [0.25, 0.3) is 10.9 Å². The number of aromatic amines is 1. The minimum atomic E-state index is -0.676. The molecule has 0 bridgehead atoms. The van der Waals surface area contributed by atoms with Gasteiger partial charge in [0.2, 0.25) is 11.8 Å². The van der Waals surface area contributed by atoms with Crippen molar-refractivity contribution in [2.45, 2.75) is 83.6 Å². The normalized spacial score (nSPS) is 12.2. The van der Waals surface area contributed by atoms with E-state index in [1.54, 1.807) is 0 Å². The van der Waals surface area contributed by atoms with E-state index in [0.29, 0.717) is 12.8 Å². The maximum Gasteiger partial charge on any atom is 0.240 e. The van der Waals surface area contributed by atoms with Crippen LogP contribution in [0.5, 0.6) is 0 Å². The van der Waals surface area contributed by atoms with Crippen LogP contribution >= 0.6 is 0 Å². The number of nitrogens with one attached hydrogen (secondary N) is 2. The second-order valence-electron chi connectivity index (χ2n) is 7.66. The van der Waals surface area contributed by atoms with Crippen molar-refractivity contribution in [3.05, 3.63) is 36.0 Å². The van der Waals surface area contributed by atoms with Crippen LogP contribution in [-0.2, 0) is 16.0 Å². The number of rotatable bonds is 14. The van der Waals surface area contributed by atoms with Gasteiger partial charge in [-0.25, -0.2) is 0 Å². The third kappa shape index (κ3) is 7.37. The smallest absolute Gasteiger partial charge is 0.240 e. The van der Waals surface area contributed by atoms with Crippen LogP contribution in [0.1, 0.15) is 76.7 Å². The van der Waals surface area contributed by atoms with E-state index in [4.69, 9.17) is 5.73 Å². The lowest BCUT2D eigenvalue weighted by Crippen LogP contribution is -2.45. The Hall–Kier alpha value is -2.30. The molecule has 0 aliphatic heterocycles. The zero-order valence-corrected chi connectivity index (χ0v) is 17.1. The van der Waals surface area contributed by atoms with Gasteiger partial charge < -0.3 is 16.0 Å². The Balaban J connectivity index is 1.69. The molecule has 2 rings (SSSR count). The lowest BCUT2D eigenvalue weighted by molar-refractivity contribution is -0.127. The highest BCUT2D eigenvalue weighted by atomic mass is 16.2. The molecule has 0 aliphatic carbocycles. The molecule has 0 fully saturated rings. The molecule has 1 aromatic heterocycles. The molecule has 0 saturated carbocycles. The van der Waals surface area contributed by atoms with Gasteiger partial charge in [0.1, 0.15) is 6.04 Å². The van der Waals surface area contributed by atoms with Gasteiger partial charge in [0.25, 0.3) is 0 Å². The molecule has 28 heavy (non-hydrogen) atoms. The molecular weight excluding hydrogens is 350 g/mol. The number of amides is 2. The fourth-order valence-electron chi connectivity index (χ4n) is 3.61. The monoisotopic (exact) mass is 385 g/mol. The summed E-state index contributed by atoms with van der Waals surface area (Å²) in [5.41, 5.74) is 7.53. The van der Waals surface area contributed by atoms with Crippen LogP contribution in [0.15, 0.2) is 30.5 Å². The van der Waals surface area contributed by atoms with E-state index in [9.17, 15) is 9.59 Å². The maximum absolute atomic E-state index is 12.2. The predicted molar refractivity (Wildman–Crippen MR) is 115 cm³/mol. The zero-order valence-electron chi connectivity index (χ0n) is 17.1. The number of nitrogens with two attached hydrogens (primary N) is 1. The summed E-state index contributed by atoms with van der Waals surface area (Å²) in [5.74, 6) is -0.586. The SMILES string of the molecule is CCCCCCCCCCCC(=O)N[C@@H](Cc1c[nH]c2ccccc12)C(N)=O. The largest absolute Gasteiger partial charge is 0.368 e. The Bertz CT molecular complexity index is 738. The van der Waals surface area contributed by atoms with Crippen LogP contribution in [0, 0.1) is 0 Å². The number of carbonyl (C=O) groups excluding carboxylic acids is 2. The first-order valence-corrected chi connectivity index (χ1v) is 10.8. The van der Waals surface area contributed by atoms with Crippen molar-refractivity contribution < 1.29 is 9.59 Å². The number of H-pyrrole nitrogens is 1. The number of benzene rings is 1. The number of para-hydroxylation sites is 1. The van der Waals surface area contributed by atoms with E-state index in [2.05, 4.69) is 17.2 Å². The van der Waals surface area contributed by atoms with Gasteiger partial charge in [-0.05, 0) is 18.1 Å². The number of fused-ring (bicyclic) bond motifs is 1. The Morgan fingerprint density at radius 2 is 1.64 bits per heavy atom. The van der Waals surface area contributed by atoms with Gasteiger partial charge in [-0.1, -0.05) is 76.5 Å². The molecule has 0 aliphatic rings. The molecule has 5 heteroatoms. The average Bonchev–Trinajstić information content (AvgIpc) is 3.09. The van der Waals surface area contributed by atoms with Crippen molar-refractivity contribution in [1.29, 1.82) is 0 Å². The predicted octanol–water partition coefficient (Wildman–Crippen LogP) is 4.60. The standard InChI is InChI=1S/C23H35N3O2/c1-2-3-4-5-6-7-8-9-10-15-22(27)26-21(23(24)28)16-18-17-25-20-14-12-11-13-19(18)20/h11-14,17,21,25H,2-10,15-16H2,1H3,(H2,24,28)(H,26,27)/t21-/m0/s1. The van der Waals surface area contributed by atoms with Gasteiger partial charge in [0.15, 0.2) is 0 Å². The van der Waals surface area contributed by atoms with Crippen molar-refractivity contribution in [3.8, 4) is 0 Å². The molecule has 2 amide bonds. The highest BCUT2D eigenvalue weighted by molar-refractivity contribution is 5.88. The minimum Gasteiger partial charge on any atom is -0.368 e. The number of carbonyl (C=O) groups is 2. The third-order valence-electron chi connectivity index (χ3n) is 5.29. The van der Waals surface area contributed by atoms with Crippen LogP contribution in [-0.4, -0.2) is 22.8 Å². The van der Waals surface area contributed by atoms with Crippen molar-refractivity contribution >= 4 is 22.7 Å². The van der Waals surface area contributed by atoms with Gasteiger partial charge in [0.05, 0.1) is 0 Å². The van der Waals surface area contributed by atoms with Gasteiger partial charge >= 0.3 is 0 Å². The third-order valence-corrected chi connectivity index (χ3v) is 5.29. The van der Waals surface area contributed by atoms with E-state index >= 15 is 0 Å². The summed E-state index contributed by atoms with van der Waals surface area (Å²) >= 11 is 0. The summed E-state index contributed by atoms with van der Waals surface area (Å²) in [4.78, 5) is 27.2. The van der Waals surface area contributed by atoms with Crippen LogP contribution in [0.4, 0.5) is 0 Å². The molecule has 4 N–H and O–H groups in total. The first-order valence-electron chi connectivity index (χ1n) is 10.8. The van der Waals surface area contributed by atoms with E-state index < -0.39 is 11.9 Å². The van der Waals surface area contributed by atoms with E-state index in [1.165, 1.54) is 44.9 Å². The fraction of sp³-hybridized carbons (Fsp3) is 0.565. The molecule has 1 heterocycles. The molecule has 0 saturated heterocycles. The average molecular weight is 386 g/mol. The molecule has 0 radical (unpaired) electrons. The zero-order chi connectivity index (χ0) is 20.2. The molecular formula is C23H35N3O2. The van der Waals surface area contributed by atoms with E-state index in [1.807, 2.05) is 30.5 Å². The minimum absolute atomic E-state index is 0.0911. The number of hydrogen-bond donors (Lipinski definition) is 3. The van der Waals surface area contributed by atoms with Gasteiger partial charge in [-0.3, -0.25) is 9.59 Å². The van der Waals surface area contributed by atoms with E-state index in [0.717, 1.165) is 29.3 Å². The van der Waals surface area contributed by atoms with Gasteiger partial charge in [-0.15, -0.1) is 0 Å². The lowest BCUT2D eigenvalue weighted by Gasteiger charge is -2.15. The van der Waals surface area contributed by atoms with Crippen molar-refractivity contribution in [1.82, 2.24) is 10.3 Å². The van der Waals surface area contributed by atoms with Gasteiger partial charge in [0, 0.05) is 29.9 Å². The molecule has 5 nitrogen and oxygen atoms in total. The highest BCUT2D eigenvalue weighted by Gasteiger charge is 2.20. The topological polar surface area (TPSA) is 88.0 Å². The van der Waals surface area contributed by atoms with Crippen molar-refractivity contribution in [2.24, 2.45) is 5.73 Å². The molecule has 0 unspecified atom stereocenters. The first-order chi connectivity index (χ1) is 13.6. The molecule has 1 atom stereocenters. The number of primary amides is 1. The fourth-order valence-corrected chi connectivity index (χ4v) is 3.61. The lowest BCUT2D eigenvalue weighted by atomic mass is 10.0. The Kier molecular flexibility index (Phi) is 9.60. The number of aromatic nitrogens is 1. The van der Waals surface area contributed by atoms with Crippen molar-refractivity contribution in [3.63, 3.8) is 0 Å². The van der Waals surface area contributed by atoms with Crippen LogP contribution < -0.4 is 11.1 Å². The maximum atomic E-state index is 12.2. The van der Waals surface area contributed by atoms with Crippen LogP contribution in [0.2, 0.25) is 0 Å². The summed E-state index contributed by atoms with van der Waals surface area (Å²) in [5, 5.41) is 3.87. The Labute approximate surface area is 168 Å².